The maximum absolute atomic E-state index is 13.2. The van der Waals surface area contributed by atoms with Crippen molar-refractivity contribution in [3.63, 3.8) is 0 Å². The standard InChI is InChI=1S/C25H30N2O5S/c28-23-4-1-20-12-21(2-3-22(20)32-23)33(30,31)27-7-5-19(6-8-27)24(29)26-25-13-16-9-17(14-25)11-18(10-16)15-25/h1-4,12,16-19H,5-11,13-15H2,(H,26,29). The smallest absolute Gasteiger partial charge is 0.336 e. The zero-order valence-electron chi connectivity index (χ0n) is 18.7. The Hall–Kier alpha value is -2.19. The number of carbonyl (C=O) groups is 1. The molecule has 1 saturated heterocycles. The number of nitrogens with one attached hydrogen (secondary N) is 1. The molecule has 4 aliphatic carbocycles. The molecule has 1 aromatic carbocycles. The summed E-state index contributed by atoms with van der Waals surface area (Å²) in [7, 11) is -3.67. The Balaban J connectivity index is 1.12. The van der Waals surface area contributed by atoms with Crippen molar-refractivity contribution in [2.24, 2.45) is 23.7 Å². The molecule has 0 spiro atoms. The number of sulfonamides is 1. The lowest BCUT2D eigenvalue weighted by atomic mass is 9.53. The average molecular weight is 471 g/mol. The Morgan fingerprint density at radius 3 is 2.24 bits per heavy atom. The Labute approximate surface area is 193 Å². The van der Waals surface area contributed by atoms with E-state index in [0.29, 0.717) is 36.9 Å². The second kappa shape index (κ2) is 7.67. The molecule has 1 aliphatic heterocycles. The lowest BCUT2D eigenvalue weighted by molar-refractivity contribution is -0.132. The van der Waals surface area contributed by atoms with Gasteiger partial charge in [0.25, 0.3) is 0 Å². The lowest BCUT2D eigenvalue weighted by Crippen LogP contribution is -2.61. The third kappa shape index (κ3) is 3.81. The van der Waals surface area contributed by atoms with Gasteiger partial charge in [-0.3, -0.25) is 4.79 Å². The molecule has 1 aromatic heterocycles. The van der Waals surface area contributed by atoms with Crippen LogP contribution in [-0.4, -0.2) is 37.3 Å². The summed E-state index contributed by atoms with van der Waals surface area (Å²) in [4.78, 5) is 24.7. The monoisotopic (exact) mass is 470 g/mol. The van der Waals surface area contributed by atoms with Crippen LogP contribution in [0, 0.1) is 23.7 Å². The van der Waals surface area contributed by atoms with Gasteiger partial charge in [-0.1, -0.05) is 0 Å². The number of amides is 1. The summed E-state index contributed by atoms with van der Waals surface area (Å²) in [6.45, 7) is 0.673. The number of hydrogen-bond acceptors (Lipinski definition) is 5. The predicted molar refractivity (Wildman–Crippen MR) is 123 cm³/mol. The van der Waals surface area contributed by atoms with Gasteiger partial charge in [0.15, 0.2) is 0 Å². The molecule has 4 saturated carbocycles. The van der Waals surface area contributed by atoms with Gasteiger partial charge in [-0.15, -0.1) is 0 Å². The van der Waals surface area contributed by atoms with Gasteiger partial charge in [0, 0.05) is 36.0 Å². The highest BCUT2D eigenvalue weighted by Crippen LogP contribution is 2.55. The molecule has 5 fully saturated rings. The van der Waals surface area contributed by atoms with E-state index < -0.39 is 15.6 Å². The highest BCUT2D eigenvalue weighted by Gasteiger charge is 2.52. The number of hydrogen-bond donors (Lipinski definition) is 1. The van der Waals surface area contributed by atoms with Crippen LogP contribution >= 0.6 is 0 Å². The summed E-state index contributed by atoms with van der Waals surface area (Å²) in [6, 6.07) is 7.40. The fraction of sp³-hybridized carbons (Fsp3) is 0.600. The minimum atomic E-state index is -3.67. The second-order valence-corrected chi connectivity index (χ2v) is 12.8. The SMILES string of the molecule is O=C(NC12CC3CC(CC(C3)C1)C2)C1CCN(S(=O)(=O)c2ccc3oc(=O)ccc3c2)CC1. The van der Waals surface area contributed by atoms with Crippen molar-refractivity contribution < 1.29 is 17.6 Å². The maximum Gasteiger partial charge on any atom is 0.336 e. The number of benzene rings is 1. The number of carbonyl (C=O) groups excluding carboxylic acids is 1. The fourth-order valence-corrected chi connectivity index (χ4v) is 8.85. The van der Waals surface area contributed by atoms with Crippen molar-refractivity contribution in [2.75, 3.05) is 13.1 Å². The molecule has 4 bridgehead atoms. The van der Waals surface area contributed by atoms with E-state index in [-0.39, 0.29) is 22.3 Å². The van der Waals surface area contributed by atoms with Crippen LogP contribution in [0.25, 0.3) is 11.0 Å². The molecular weight excluding hydrogens is 440 g/mol. The third-order valence-electron chi connectivity index (χ3n) is 8.48. The lowest BCUT2D eigenvalue weighted by Gasteiger charge is -2.57. The minimum Gasteiger partial charge on any atom is -0.423 e. The van der Waals surface area contributed by atoms with Crippen molar-refractivity contribution in [1.29, 1.82) is 0 Å². The van der Waals surface area contributed by atoms with Crippen LogP contribution in [0.15, 0.2) is 44.4 Å². The van der Waals surface area contributed by atoms with E-state index in [1.54, 1.807) is 12.1 Å². The topological polar surface area (TPSA) is 96.7 Å². The minimum absolute atomic E-state index is 0.00482. The quantitative estimate of drug-likeness (QED) is 0.692. The first-order valence-electron chi connectivity index (χ1n) is 12.2. The van der Waals surface area contributed by atoms with Crippen LogP contribution in [0.1, 0.15) is 51.4 Å². The highest BCUT2D eigenvalue weighted by molar-refractivity contribution is 7.89. The van der Waals surface area contributed by atoms with E-state index in [9.17, 15) is 18.0 Å². The third-order valence-corrected chi connectivity index (χ3v) is 10.4. The van der Waals surface area contributed by atoms with Crippen LogP contribution in [0.4, 0.5) is 0 Å². The highest BCUT2D eigenvalue weighted by atomic mass is 32.2. The van der Waals surface area contributed by atoms with Crippen LogP contribution in [0.3, 0.4) is 0 Å². The summed E-state index contributed by atoms with van der Waals surface area (Å²) < 4.78 is 33.0. The van der Waals surface area contributed by atoms with E-state index >= 15 is 0 Å². The molecule has 2 heterocycles. The van der Waals surface area contributed by atoms with E-state index in [0.717, 1.165) is 37.0 Å². The molecule has 7 nitrogen and oxygen atoms in total. The summed E-state index contributed by atoms with van der Waals surface area (Å²) in [5, 5.41) is 4.03. The van der Waals surface area contributed by atoms with Crippen LogP contribution in [0.5, 0.6) is 0 Å². The molecule has 0 unspecified atom stereocenters. The van der Waals surface area contributed by atoms with Crippen molar-refractivity contribution >= 4 is 26.9 Å². The average Bonchev–Trinajstić information content (AvgIpc) is 2.77. The Kier molecular flexibility index (Phi) is 4.96. The van der Waals surface area contributed by atoms with E-state index in [4.69, 9.17) is 4.42 Å². The van der Waals surface area contributed by atoms with Gasteiger partial charge in [0.05, 0.1) is 4.90 Å². The molecule has 176 valence electrons. The number of piperidine rings is 1. The molecule has 7 rings (SSSR count). The zero-order valence-corrected chi connectivity index (χ0v) is 19.5. The first-order chi connectivity index (χ1) is 15.8. The fourth-order valence-electron chi connectivity index (χ4n) is 7.34. The first-order valence-corrected chi connectivity index (χ1v) is 13.6. The van der Waals surface area contributed by atoms with Gasteiger partial charge >= 0.3 is 5.63 Å². The maximum atomic E-state index is 13.2. The first kappa shape index (κ1) is 21.4. The van der Waals surface area contributed by atoms with Crippen molar-refractivity contribution in [1.82, 2.24) is 9.62 Å². The van der Waals surface area contributed by atoms with Gasteiger partial charge in [-0.2, -0.15) is 4.31 Å². The normalized spacial score (nSPS) is 32.3. The summed E-state index contributed by atoms with van der Waals surface area (Å²) >= 11 is 0. The molecule has 0 radical (unpaired) electrons. The number of nitrogens with zero attached hydrogens (tertiary/aromatic N) is 1. The molecule has 33 heavy (non-hydrogen) atoms. The molecule has 5 aliphatic rings. The predicted octanol–water partition coefficient (Wildman–Crippen LogP) is 3.28. The van der Waals surface area contributed by atoms with Crippen LogP contribution in [0.2, 0.25) is 0 Å². The molecular formula is C25H30N2O5S. The van der Waals surface area contributed by atoms with E-state index in [2.05, 4.69) is 5.32 Å². The Morgan fingerprint density at radius 2 is 1.61 bits per heavy atom. The van der Waals surface area contributed by atoms with Crippen molar-refractivity contribution in [3.8, 4) is 0 Å². The summed E-state index contributed by atoms with van der Waals surface area (Å²) in [5.74, 6) is 2.32. The molecule has 8 heteroatoms. The number of rotatable bonds is 4. The van der Waals surface area contributed by atoms with Crippen LogP contribution in [-0.2, 0) is 14.8 Å². The molecule has 1 amide bonds. The van der Waals surface area contributed by atoms with Gasteiger partial charge in [-0.25, -0.2) is 13.2 Å². The Bertz CT molecular complexity index is 1220. The van der Waals surface area contributed by atoms with Crippen molar-refractivity contribution in [2.45, 2.75) is 61.8 Å². The van der Waals surface area contributed by atoms with Crippen molar-refractivity contribution in [3.05, 3.63) is 40.8 Å². The second-order valence-electron chi connectivity index (χ2n) is 10.8. The van der Waals surface area contributed by atoms with Crippen LogP contribution < -0.4 is 10.9 Å². The number of fused-ring (bicyclic) bond motifs is 1. The summed E-state index contributed by atoms with van der Waals surface area (Å²) in [6.07, 6.45) is 8.48. The van der Waals surface area contributed by atoms with Gasteiger partial charge in [0.2, 0.25) is 15.9 Å². The largest absolute Gasteiger partial charge is 0.423 e. The molecule has 2 aromatic rings. The Morgan fingerprint density at radius 1 is 0.970 bits per heavy atom. The summed E-state index contributed by atoms with van der Waals surface area (Å²) in [5.41, 5.74) is -0.108. The molecule has 1 N–H and O–H groups in total. The van der Waals surface area contributed by atoms with Gasteiger partial charge in [-0.05, 0) is 93.4 Å². The van der Waals surface area contributed by atoms with E-state index in [1.807, 2.05) is 0 Å². The molecule has 0 atom stereocenters. The van der Waals surface area contributed by atoms with Gasteiger partial charge in [0.1, 0.15) is 5.58 Å². The zero-order chi connectivity index (χ0) is 22.8. The van der Waals surface area contributed by atoms with E-state index in [1.165, 1.54) is 41.8 Å². The van der Waals surface area contributed by atoms with Gasteiger partial charge < -0.3 is 9.73 Å².